The molecule has 1 fully saturated rings. The quantitative estimate of drug-likeness (QED) is 0.788. The topological polar surface area (TPSA) is 86.7 Å². The highest BCUT2D eigenvalue weighted by Crippen LogP contribution is 2.21. The van der Waals surface area contributed by atoms with Gasteiger partial charge in [0, 0.05) is 30.1 Å². The molecule has 2 aromatic rings. The van der Waals surface area contributed by atoms with Crippen LogP contribution in [0.5, 0.6) is 0 Å². The lowest BCUT2D eigenvalue weighted by Gasteiger charge is -2.25. The second kappa shape index (κ2) is 8.30. The number of amides is 1. The molecule has 2 heterocycles. The first kappa shape index (κ1) is 19.0. The van der Waals surface area contributed by atoms with Gasteiger partial charge in [-0.15, -0.1) is 11.3 Å². The number of sulfonamides is 1. The van der Waals surface area contributed by atoms with Crippen LogP contribution in [0.3, 0.4) is 0 Å². The van der Waals surface area contributed by atoms with Crippen molar-refractivity contribution in [2.24, 2.45) is 0 Å². The molecule has 2 N–H and O–H groups in total. The molecule has 1 atom stereocenters. The average Bonchev–Trinajstić information content (AvgIpc) is 3.21. The molecule has 0 aliphatic carbocycles. The van der Waals surface area contributed by atoms with E-state index in [0.717, 1.165) is 24.1 Å². The number of thiophene rings is 1. The molecule has 0 bridgehead atoms. The number of aliphatic hydroxyl groups is 1. The summed E-state index contributed by atoms with van der Waals surface area (Å²) in [4.78, 5) is 13.2. The monoisotopic (exact) mass is 394 g/mol. The maximum absolute atomic E-state index is 12.6. The number of aliphatic hydroxyl groups excluding tert-OH is 1. The number of nitrogens with zero attached hydrogens (tertiary/aromatic N) is 1. The van der Waals surface area contributed by atoms with Gasteiger partial charge in [0.05, 0.1) is 4.90 Å². The third-order valence-electron chi connectivity index (χ3n) is 4.40. The van der Waals surface area contributed by atoms with Crippen LogP contribution in [0.2, 0.25) is 0 Å². The molecule has 3 rings (SSSR count). The third kappa shape index (κ3) is 4.32. The van der Waals surface area contributed by atoms with Crippen molar-refractivity contribution in [1.82, 2.24) is 9.62 Å². The summed E-state index contributed by atoms with van der Waals surface area (Å²) in [6.07, 6.45) is 2.07. The van der Waals surface area contributed by atoms with Gasteiger partial charge in [0.2, 0.25) is 10.0 Å². The normalized spacial score (nSPS) is 17.0. The molecule has 0 saturated carbocycles. The minimum Gasteiger partial charge on any atom is -0.386 e. The Kier molecular flexibility index (Phi) is 6.08. The van der Waals surface area contributed by atoms with E-state index in [1.807, 2.05) is 17.5 Å². The molecule has 8 heteroatoms. The van der Waals surface area contributed by atoms with E-state index in [1.54, 1.807) is 0 Å². The number of carbonyl (C=O) groups is 1. The van der Waals surface area contributed by atoms with E-state index in [-0.39, 0.29) is 17.3 Å². The van der Waals surface area contributed by atoms with Crippen LogP contribution in [0, 0.1) is 0 Å². The number of benzene rings is 1. The van der Waals surface area contributed by atoms with Crippen molar-refractivity contribution in [1.29, 1.82) is 0 Å². The highest BCUT2D eigenvalue weighted by Gasteiger charge is 2.26. The van der Waals surface area contributed by atoms with Gasteiger partial charge >= 0.3 is 0 Å². The van der Waals surface area contributed by atoms with Crippen LogP contribution in [-0.2, 0) is 10.0 Å². The number of carbonyl (C=O) groups excluding carboxylic acids is 1. The van der Waals surface area contributed by atoms with Crippen LogP contribution in [0.15, 0.2) is 46.7 Å². The molecule has 1 unspecified atom stereocenters. The number of hydrogen-bond donors (Lipinski definition) is 2. The van der Waals surface area contributed by atoms with E-state index in [1.165, 1.54) is 39.9 Å². The summed E-state index contributed by atoms with van der Waals surface area (Å²) in [7, 11) is -3.50. The van der Waals surface area contributed by atoms with Gasteiger partial charge in [0.1, 0.15) is 6.10 Å². The van der Waals surface area contributed by atoms with Crippen LogP contribution in [0.25, 0.3) is 0 Å². The van der Waals surface area contributed by atoms with Crippen LogP contribution >= 0.6 is 11.3 Å². The lowest BCUT2D eigenvalue weighted by molar-refractivity contribution is 0.0918. The van der Waals surface area contributed by atoms with Crippen molar-refractivity contribution in [2.75, 3.05) is 19.6 Å². The first-order chi connectivity index (χ1) is 12.5. The fourth-order valence-electron chi connectivity index (χ4n) is 2.91. The summed E-state index contributed by atoms with van der Waals surface area (Å²) in [5, 5.41) is 14.5. The van der Waals surface area contributed by atoms with Crippen molar-refractivity contribution in [3.8, 4) is 0 Å². The first-order valence-corrected chi connectivity index (χ1v) is 10.9. The van der Waals surface area contributed by atoms with Crippen molar-refractivity contribution >= 4 is 27.3 Å². The lowest BCUT2D eigenvalue weighted by atomic mass is 10.2. The largest absolute Gasteiger partial charge is 0.386 e. The molecule has 1 aromatic heterocycles. The summed E-state index contributed by atoms with van der Waals surface area (Å²) < 4.78 is 26.7. The Hall–Kier alpha value is -1.74. The molecule has 1 amide bonds. The molecule has 6 nitrogen and oxygen atoms in total. The number of rotatable bonds is 6. The minimum atomic E-state index is -3.50. The van der Waals surface area contributed by atoms with Crippen molar-refractivity contribution in [3.63, 3.8) is 0 Å². The van der Waals surface area contributed by atoms with E-state index >= 15 is 0 Å². The summed E-state index contributed by atoms with van der Waals surface area (Å²) in [6, 6.07) is 9.59. The maximum Gasteiger partial charge on any atom is 0.251 e. The zero-order valence-electron chi connectivity index (χ0n) is 14.3. The van der Waals surface area contributed by atoms with Crippen LogP contribution in [0.1, 0.15) is 40.6 Å². The van der Waals surface area contributed by atoms with Crippen LogP contribution in [-0.4, -0.2) is 43.4 Å². The Morgan fingerprint density at radius 1 is 1.15 bits per heavy atom. The lowest BCUT2D eigenvalue weighted by Crippen LogP contribution is -2.35. The fourth-order valence-corrected chi connectivity index (χ4v) is 5.13. The van der Waals surface area contributed by atoms with Gasteiger partial charge < -0.3 is 10.4 Å². The molecule has 26 heavy (non-hydrogen) atoms. The van der Waals surface area contributed by atoms with Gasteiger partial charge in [-0.3, -0.25) is 4.79 Å². The second-order valence-corrected chi connectivity index (χ2v) is 9.15. The fraction of sp³-hybridized carbons (Fsp3) is 0.389. The van der Waals surface area contributed by atoms with Crippen LogP contribution < -0.4 is 5.32 Å². The molecule has 1 aliphatic heterocycles. The second-order valence-electron chi connectivity index (χ2n) is 6.23. The minimum absolute atomic E-state index is 0.104. The Morgan fingerprint density at radius 3 is 2.46 bits per heavy atom. The third-order valence-corrected chi connectivity index (χ3v) is 7.28. The highest BCUT2D eigenvalue weighted by atomic mass is 32.2. The average molecular weight is 395 g/mol. The molecule has 1 saturated heterocycles. The summed E-state index contributed by atoms with van der Waals surface area (Å²) in [5.41, 5.74) is 0.362. The van der Waals surface area contributed by atoms with Gasteiger partial charge in [-0.2, -0.15) is 4.31 Å². The number of hydrogen-bond acceptors (Lipinski definition) is 5. The zero-order valence-corrected chi connectivity index (χ0v) is 15.9. The van der Waals surface area contributed by atoms with E-state index < -0.39 is 16.1 Å². The molecule has 0 spiro atoms. The molecular weight excluding hydrogens is 372 g/mol. The molecule has 1 aliphatic rings. The Bertz CT molecular complexity index is 827. The summed E-state index contributed by atoms with van der Waals surface area (Å²) >= 11 is 1.42. The van der Waals surface area contributed by atoms with Gasteiger partial charge in [0.15, 0.2) is 0 Å². The molecule has 140 valence electrons. The number of nitrogens with one attached hydrogen (secondary N) is 1. The molecule has 0 radical (unpaired) electrons. The van der Waals surface area contributed by atoms with Gasteiger partial charge in [-0.05, 0) is 48.6 Å². The highest BCUT2D eigenvalue weighted by molar-refractivity contribution is 7.89. The number of piperidine rings is 1. The summed E-state index contributed by atoms with van der Waals surface area (Å²) in [5.74, 6) is -0.345. The van der Waals surface area contributed by atoms with E-state index in [2.05, 4.69) is 5.32 Å². The predicted octanol–water partition coefficient (Wildman–Crippen LogP) is 2.39. The standard InChI is InChI=1S/C18H22N2O4S2/c21-16(17-5-4-12-25-17)13-19-18(22)14-6-8-15(9-7-14)26(23,24)20-10-2-1-3-11-20/h4-9,12,16,21H,1-3,10-11,13H2,(H,19,22). The van der Waals surface area contributed by atoms with Crippen molar-refractivity contribution < 1.29 is 18.3 Å². The SMILES string of the molecule is O=C(NCC(O)c1cccs1)c1ccc(S(=O)(=O)N2CCCCC2)cc1. The van der Waals surface area contributed by atoms with E-state index in [9.17, 15) is 18.3 Å². The smallest absolute Gasteiger partial charge is 0.251 e. The first-order valence-electron chi connectivity index (χ1n) is 8.58. The van der Waals surface area contributed by atoms with Gasteiger partial charge in [0.25, 0.3) is 5.91 Å². The van der Waals surface area contributed by atoms with Crippen LogP contribution in [0.4, 0.5) is 0 Å². The van der Waals surface area contributed by atoms with E-state index in [4.69, 9.17) is 0 Å². The molecule has 1 aromatic carbocycles. The zero-order chi connectivity index (χ0) is 18.6. The van der Waals surface area contributed by atoms with Gasteiger partial charge in [-0.25, -0.2) is 8.42 Å². The van der Waals surface area contributed by atoms with Gasteiger partial charge in [-0.1, -0.05) is 12.5 Å². The maximum atomic E-state index is 12.6. The summed E-state index contributed by atoms with van der Waals surface area (Å²) in [6.45, 7) is 1.20. The van der Waals surface area contributed by atoms with E-state index in [0.29, 0.717) is 18.7 Å². The predicted molar refractivity (Wildman–Crippen MR) is 101 cm³/mol. The Labute approximate surface area is 157 Å². The molecular formula is C18H22N2O4S2. The Morgan fingerprint density at radius 2 is 1.85 bits per heavy atom. The Balaban J connectivity index is 1.62. The van der Waals surface area contributed by atoms with Crippen molar-refractivity contribution in [2.45, 2.75) is 30.3 Å². The van der Waals surface area contributed by atoms with Crippen molar-refractivity contribution in [3.05, 3.63) is 52.2 Å².